The quantitative estimate of drug-likeness (QED) is 0.666. The van der Waals surface area contributed by atoms with Crippen molar-refractivity contribution in [3.8, 4) is 0 Å². The van der Waals surface area contributed by atoms with E-state index in [1.165, 1.54) is 17.6 Å². The third-order valence-corrected chi connectivity index (χ3v) is 1.64. The van der Waals surface area contributed by atoms with Crippen LogP contribution in [0.1, 0.15) is 27.8 Å². The molecule has 0 fully saturated rings. The first kappa shape index (κ1) is 8.52. The zero-order chi connectivity index (χ0) is 9.30. The summed E-state index contributed by atoms with van der Waals surface area (Å²) in [6, 6.07) is 1.42. The number of hydrogen-bond donors (Lipinski definition) is 1. The van der Waals surface area contributed by atoms with Crippen LogP contribution in [0.25, 0.3) is 0 Å². The molecule has 0 saturated heterocycles. The number of aromatic carboxylic acids is 1. The molecular formula is C8H9NO3. The summed E-state index contributed by atoms with van der Waals surface area (Å²) in [4.78, 5) is 21.5. The van der Waals surface area contributed by atoms with Crippen molar-refractivity contribution in [1.29, 1.82) is 0 Å². The molecule has 0 aliphatic carbocycles. The first-order valence-electron chi connectivity index (χ1n) is 3.43. The average molecular weight is 167 g/mol. The molecule has 4 nitrogen and oxygen atoms in total. The van der Waals surface area contributed by atoms with Gasteiger partial charge in [0, 0.05) is 20.2 Å². The summed E-state index contributed by atoms with van der Waals surface area (Å²) >= 11 is 0. The molecule has 0 aromatic carbocycles. The van der Waals surface area contributed by atoms with Crippen molar-refractivity contribution in [2.45, 2.75) is 6.92 Å². The number of carboxylic acid groups (broad SMARTS) is 1. The van der Waals surface area contributed by atoms with Crippen LogP contribution in [0.3, 0.4) is 0 Å². The molecule has 0 spiro atoms. The van der Waals surface area contributed by atoms with E-state index in [0.29, 0.717) is 0 Å². The van der Waals surface area contributed by atoms with E-state index in [0.717, 1.165) is 0 Å². The fourth-order valence-electron chi connectivity index (χ4n) is 1.14. The molecule has 0 aliphatic heterocycles. The number of nitrogens with zero attached hydrogens (tertiary/aromatic N) is 1. The van der Waals surface area contributed by atoms with Crippen LogP contribution in [-0.4, -0.2) is 21.4 Å². The number of carbonyl (C=O) groups is 2. The lowest BCUT2D eigenvalue weighted by molar-refractivity contribution is 0.0692. The van der Waals surface area contributed by atoms with Gasteiger partial charge in [0.05, 0.1) is 11.3 Å². The Morgan fingerprint density at radius 1 is 1.50 bits per heavy atom. The van der Waals surface area contributed by atoms with E-state index in [1.54, 1.807) is 13.2 Å². The number of aromatic nitrogens is 1. The minimum Gasteiger partial charge on any atom is -0.478 e. The van der Waals surface area contributed by atoms with Gasteiger partial charge in [0.25, 0.3) is 0 Å². The van der Waals surface area contributed by atoms with Crippen LogP contribution in [0, 0.1) is 0 Å². The van der Waals surface area contributed by atoms with Crippen molar-refractivity contribution >= 4 is 11.8 Å². The SMILES string of the molecule is CC(=O)c1c(C(=O)O)ccn1C. The second-order valence-electron chi connectivity index (χ2n) is 2.55. The first-order valence-corrected chi connectivity index (χ1v) is 3.43. The van der Waals surface area contributed by atoms with Crippen LogP contribution < -0.4 is 0 Å². The Kier molecular flexibility index (Phi) is 1.99. The van der Waals surface area contributed by atoms with Crippen LogP contribution in [0.5, 0.6) is 0 Å². The lowest BCUT2D eigenvalue weighted by Crippen LogP contribution is -2.08. The molecule has 0 bridgehead atoms. The van der Waals surface area contributed by atoms with Crippen molar-refractivity contribution < 1.29 is 14.7 Å². The molecule has 0 radical (unpaired) electrons. The Morgan fingerprint density at radius 3 is 2.42 bits per heavy atom. The number of Topliss-reactive ketones (excluding diaryl/α,β-unsaturated/α-hetero) is 1. The standard InChI is InChI=1S/C8H9NO3/c1-5(10)7-6(8(11)12)3-4-9(7)2/h3-4H,1-2H3,(H,11,12). The van der Waals surface area contributed by atoms with Gasteiger partial charge in [0.15, 0.2) is 5.78 Å². The summed E-state index contributed by atoms with van der Waals surface area (Å²) < 4.78 is 1.51. The maximum absolute atomic E-state index is 11.0. The Bertz CT molecular complexity index is 338. The van der Waals surface area contributed by atoms with Gasteiger partial charge in [0.2, 0.25) is 0 Å². The molecular weight excluding hydrogens is 158 g/mol. The van der Waals surface area contributed by atoms with Gasteiger partial charge in [0.1, 0.15) is 0 Å². The summed E-state index contributed by atoms with van der Waals surface area (Å²) in [6.07, 6.45) is 1.56. The summed E-state index contributed by atoms with van der Waals surface area (Å²) in [6.45, 7) is 1.35. The maximum atomic E-state index is 11.0. The van der Waals surface area contributed by atoms with E-state index in [-0.39, 0.29) is 17.0 Å². The van der Waals surface area contributed by atoms with Crippen molar-refractivity contribution in [3.05, 3.63) is 23.5 Å². The molecule has 1 aromatic heterocycles. The average Bonchev–Trinajstić information content (AvgIpc) is 2.30. The molecule has 1 heterocycles. The third kappa shape index (κ3) is 1.23. The van der Waals surface area contributed by atoms with Crippen molar-refractivity contribution in [2.75, 3.05) is 0 Å². The highest BCUT2D eigenvalue weighted by Crippen LogP contribution is 2.10. The normalized spacial score (nSPS) is 9.83. The van der Waals surface area contributed by atoms with Gasteiger partial charge in [-0.25, -0.2) is 4.79 Å². The number of carboxylic acids is 1. The Morgan fingerprint density at radius 2 is 2.08 bits per heavy atom. The van der Waals surface area contributed by atoms with E-state index >= 15 is 0 Å². The number of aryl methyl sites for hydroxylation is 1. The molecule has 0 unspecified atom stereocenters. The van der Waals surface area contributed by atoms with Crippen LogP contribution in [0.4, 0.5) is 0 Å². The Balaban J connectivity index is 3.31. The third-order valence-electron chi connectivity index (χ3n) is 1.64. The van der Waals surface area contributed by atoms with Crippen molar-refractivity contribution in [1.82, 2.24) is 4.57 Å². The monoisotopic (exact) mass is 167 g/mol. The lowest BCUT2D eigenvalue weighted by Gasteiger charge is -1.98. The van der Waals surface area contributed by atoms with Gasteiger partial charge in [-0.1, -0.05) is 0 Å². The molecule has 1 rings (SSSR count). The van der Waals surface area contributed by atoms with Gasteiger partial charge in [-0.3, -0.25) is 4.79 Å². The zero-order valence-corrected chi connectivity index (χ0v) is 6.87. The van der Waals surface area contributed by atoms with Crippen molar-refractivity contribution in [2.24, 2.45) is 7.05 Å². The van der Waals surface area contributed by atoms with Crippen LogP contribution >= 0.6 is 0 Å². The fraction of sp³-hybridized carbons (Fsp3) is 0.250. The van der Waals surface area contributed by atoms with E-state index in [4.69, 9.17) is 5.11 Å². The Hall–Kier alpha value is -1.58. The highest BCUT2D eigenvalue weighted by Gasteiger charge is 2.16. The van der Waals surface area contributed by atoms with Crippen LogP contribution in [0.2, 0.25) is 0 Å². The molecule has 0 aliphatic rings. The zero-order valence-electron chi connectivity index (χ0n) is 6.87. The molecule has 0 saturated carbocycles. The number of hydrogen-bond acceptors (Lipinski definition) is 2. The summed E-state index contributed by atoms with van der Waals surface area (Å²) in [5, 5.41) is 8.66. The lowest BCUT2D eigenvalue weighted by atomic mass is 10.2. The van der Waals surface area contributed by atoms with Gasteiger partial charge < -0.3 is 9.67 Å². The molecule has 4 heteroatoms. The smallest absolute Gasteiger partial charge is 0.338 e. The number of carbonyl (C=O) groups excluding carboxylic acids is 1. The summed E-state index contributed by atoms with van der Waals surface area (Å²) in [5.74, 6) is -1.30. The van der Waals surface area contributed by atoms with Crippen molar-refractivity contribution in [3.63, 3.8) is 0 Å². The molecule has 1 N–H and O–H groups in total. The van der Waals surface area contributed by atoms with E-state index in [9.17, 15) is 9.59 Å². The van der Waals surface area contributed by atoms with E-state index < -0.39 is 5.97 Å². The maximum Gasteiger partial charge on any atom is 0.338 e. The number of rotatable bonds is 2. The largest absolute Gasteiger partial charge is 0.478 e. The molecule has 0 atom stereocenters. The summed E-state index contributed by atoms with van der Waals surface area (Å²) in [5.41, 5.74) is 0.299. The molecule has 1 aromatic rings. The second kappa shape index (κ2) is 2.81. The second-order valence-corrected chi connectivity index (χ2v) is 2.55. The van der Waals surface area contributed by atoms with Gasteiger partial charge in [-0.15, -0.1) is 0 Å². The predicted molar refractivity (Wildman–Crippen MR) is 42.4 cm³/mol. The molecule has 64 valence electrons. The van der Waals surface area contributed by atoms with E-state index in [2.05, 4.69) is 0 Å². The van der Waals surface area contributed by atoms with E-state index in [1.807, 2.05) is 0 Å². The first-order chi connectivity index (χ1) is 5.54. The Labute approximate surface area is 69.4 Å². The van der Waals surface area contributed by atoms with Crippen LogP contribution in [-0.2, 0) is 7.05 Å². The summed E-state index contributed by atoms with van der Waals surface area (Å²) in [7, 11) is 1.64. The van der Waals surface area contributed by atoms with Gasteiger partial charge >= 0.3 is 5.97 Å². The van der Waals surface area contributed by atoms with Crippen LogP contribution in [0.15, 0.2) is 12.3 Å². The predicted octanol–water partition coefficient (Wildman–Crippen LogP) is 0.926. The van der Waals surface area contributed by atoms with Gasteiger partial charge in [-0.05, 0) is 6.07 Å². The highest BCUT2D eigenvalue weighted by atomic mass is 16.4. The molecule has 0 amide bonds. The van der Waals surface area contributed by atoms with Gasteiger partial charge in [-0.2, -0.15) is 0 Å². The number of ketones is 1. The minimum atomic E-state index is -1.07. The molecule has 12 heavy (non-hydrogen) atoms. The highest BCUT2D eigenvalue weighted by molar-refractivity contribution is 6.03. The topological polar surface area (TPSA) is 59.3 Å². The fourth-order valence-corrected chi connectivity index (χ4v) is 1.14. The minimum absolute atomic E-state index is 0.0602.